The largest absolute Gasteiger partial charge is 0.349 e. The van der Waals surface area contributed by atoms with Crippen LogP contribution in [0.3, 0.4) is 0 Å². The van der Waals surface area contributed by atoms with Gasteiger partial charge in [0.05, 0.1) is 6.04 Å². The molecule has 0 spiro atoms. The monoisotopic (exact) mass is 555 g/mol. The van der Waals surface area contributed by atoms with Crippen molar-refractivity contribution in [3.8, 4) is 0 Å². The molecule has 226 valence electrons. The highest BCUT2D eigenvalue weighted by atomic mass is 16.2. The van der Waals surface area contributed by atoms with E-state index >= 15 is 0 Å². The van der Waals surface area contributed by atoms with Crippen LogP contribution in [0.15, 0.2) is 23.5 Å². The SMILES string of the molecule is CCCC(=O)NC1C=C(NC(=O)C2CCC(C(C)(C)C)CC2)C=C(NC(=O)C2CCC(C(C)(C)C)CC2)C1(C)C. The molecule has 0 aromatic heterocycles. The number of rotatable bonds is 7. The molecule has 2 fully saturated rings. The molecule has 2 saturated carbocycles. The van der Waals surface area contributed by atoms with Gasteiger partial charge in [0.2, 0.25) is 17.7 Å². The number of carbonyl (C=O) groups is 3. The van der Waals surface area contributed by atoms with Crippen LogP contribution in [0.5, 0.6) is 0 Å². The molecule has 1 atom stereocenters. The summed E-state index contributed by atoms with van der Waals surface area (Å²) in [4.78, 5) is 39.5. The van der Waals surface area contributed by atoms with Crippen LogP contribution in [0.2, 0.25) is 0 Å². The van der Waals surface area contributed by atoms with Gasteiger partial charge in [-0.25, -0.2) is 0 Å². The first-order chi connectivity index (χ1) is 18.5. The van der Waals surface area contributed by atoms with Crippen molar-refractivity contribution in [2.75, 3.05) is 0 Å². The lowest BCUT2D eigenvalue weighted by Crippen LogP contribution is -2.51. The maximum absolute atomic E-state index is 13.5. The van der Waals surface area contributed by atoms with Crippen molar-refractivity contribution in [1.82, 2.24) is 16.0 Å². The molecule has 0 bridgehead atoms. The average Bonchev–Trinajstić information content (AvgIpc) is 2.86. The zero-order valence-electron chi connectivity index (χ0n) is 26.8. The maximum atomic E-state index is 13.5. The molecule has 0 heterocycles. The Labute approximate surface area is 244 Å². The molecule has 0 aliphatic heterocycles. The molecule has 3 N–H and O–H groups in total. The van der Waals surface area contributed by atoms with Crippen LogP contribution in [-0.2, 0) is 14.4 Å². The topological polar surface area (TPSA) is 87.3 Å². The first-order valence-corrected chi connectivity index (χ1v) is 15.9. The van der Waals surface area contributed by atoms with Crippen LogP contribution >= 0.6 is 0 Å². The van der Waals surface area contributed by atoms with Crippen LogP contribution in [0, 0.1) is 39.9 Å². The van der Waals surface area contributed by atoms with Crippen LogP contribution in [0.4, 0.5) is 0 Å². The highest BCUT2D eigenvalue weighted by molar-refractivity contribution is 5.83. The minimum atomic E-state index is -0.527. The summed E-state index contributed by atoms with van der Waals surface area (Å²) in [6.07, 6.45) is 12.9. The Morgan fingerprint density at radius 2 is 1.23 bits per heavy atom. The summed E-state index contributed by atoms with van der Waals surface area (Å²) in [5.74, 6) is 1.35. The molecular weight excluding hydrogens is 498 g/mol. The summed E-state index contributed by atoms with van der Waals surface area (Å²) in [6, 6.07) is -0.338. The molecule has 3 aliphatic carbocycles. The third-order valence-corrected chi connectivity index (χ3v) is 10.1. The second-order valence-electron chi connectivity index (χ2n) is 15.5. The first-order valence-electron chi connectivity index (χ1n) is 15.9. The van der Waals surface area contributed by atoms with Gasteiger partial charge in [0.15, 0.2) is 0 Å². The number of carbonyl (C=O) groups excluding carboxylic acids is 3. The van der Waals surface area contributed by atoms with E-state index in [1.165, 1.54) is 0 Å². The number of hydrogen-bond acceptors (Lipinski definition) is 3. The van der Waals surface area contributed by atoms with Gasteiger partial charge in [-0.2, -0.15) is 0 Å². The van der Waals surface area contributed by atoms with Crippen molar-refractivity contribution in [3.63, 3.8) is 0 Å². The van der Waals surface area contributed by atoms with Gasteiger partial charge >= 0.3 is 0 Å². The number of hydrogen-bond donors (Lipinski definition) is 3. The van der Waals surface area contributed by atoms with Crippen molar-refractivity contribution in [2.24, 2.45) is 39.9 Å². The molecule has 1 unspecified atom stereocenters. The average molecular weight is 556 g/mol. The number of amides is 3. The van der Waals surface area contributed by atoms with E-state index in [1.54, 1.807) is 0 Å². The molecule has 3 rings (SSSR count). The third kappa shape index (κ3) is 8.22. The van der Waals surface area contributed by atoms with Crippen LogP contribution in [0.25, 0.3) is 0 Å². The molecule has 0 aromatic rings. The Morgan fingerprint density at radius 1 is 0.775 bits per heavy atom. The van der Waals surface area contributed by atoms with E-state index in [-0.39, 0.29) is 46.4 Å². The molecule has 3 aliphatic rings. The van der Waals surface area contributed by atoms with Gasteiger partial charge in [-0.15, -0.1) is 0 Å². The van der Waals surface area contributed by atoms with Crippen molar-refractivity contribution >= 4 is 17.7 Å². The lowest BCUT2D eigenvalue weighted by Gasteiger charge is -2.40. The highest BCUT2D eigenvalue weighted by Gasteiger charge is 2.40. The van der Waals surface area contributed by atoms with E-state index in [0.29, 0.717) is 24.0 Å². The number of allylic oxidation sites excluding steroid dienone is 1. The molecule has 6 nitrogen and oxygen atoms in total. The summed E-state index contributed by atoms with van der Waals surface area (Å²) in [5, 5.41) is 9.58. The third-order valence-electron chi connectivity index (χ3n) is 10.1. The van der Waals surface area contributed by atoms with E-state index in [0.717, 1.165) is 63.5 Å². The fraction of sp³-hybridized carbons (Fsp3) is 0.794. The molecule has 40 heavy (non-hydrogen) atoms. The van der Waals surface area contributed by atoms with Crippen molar-refractivity contribution in [1.29, 1.82) is 0 Å². The fourth-order valence-electron chi connectivity index (χ4n) is 6.84. The van der Waals surface area contributed by atoms with Gasteiger partial charge < -0.3 is 16.0 Å². The highest BCUT2D eigenvalue weighted by Crippen LogP contribution is 2.42. The zero-order chi connectivity index (χ0) is 29.9. The van der Waals surface area contributed by atoms with Crippen molar-refractivity contribution in [2.45, 2.75) is 133 Å². The Bertz CT molecular complexity index is 979. The number of nitrogens with one attached hydrogen (secondary N) is 3. The molecule has 0 saturated heterocycles. The summed E-state index contributed by atoms with van der Waals surface area (Å²) in [5.41, 5.74) is 1.43. The van der Waals surface area contributed by atoms with Gasteiger partial charge in [0.1, 0.15) is 0 Å². The van der Waals surface area contributed by atoms with Crippen LogP contribution < -0.4 is 16.0 Å². The first kappa shape index (κ1) is 32.4. The normalized spacial score (nSPS) is 29.1. The predicted octanol–water partition coefficient (Wildman–Crippen LogP) is 7.02. The van der Waals surface area contributed by atoms with E-state index in [1.807, 2.05) is 19.1 Å². The van der Waals surface area contributed by atoms with E-state index < -0.39 is 5.41 Å². The molecular formula is C34H57N3O3. The summed E-state index contributed by atoms with van der Waals surface area (Å²) < 4.78 is 0. The van der Waals surface area contributed by atoms with Crippen LogP contribution in [-0.4, -0.2) is 23.8 Å². The van der Waals surface area contributed by atoms with Crippen molar-refractivity contribution < 1.29 is 14.4 Å². The van der Waals surface area contributed by atoms with E-state index in [2.05, 4.69) is 71.3 Å². The van der Waals surface area contributed by atoms with Crippen LogP contribution in [0.1, 0.15) is 127 Å². The molecule has 6 heteroatoms. The Morgan fingerprint density at radius 3 is 1.65 bits per heavy atom. The Hall–Kier alpha value is -2.11. The van der Waals surface area contributed by atoms with E-state index in [9.17, 15) is 14.4 Å². The fourth-order valence-corrected chi connectivity index (χ4v) is 6.84. The van der Waals surface area contributed by atoms with Gasteiger partial charge in [0, 0.05) is 35.1 Å². The maximum Gasteiger partial charge on any atom is 0.227 e. The second kappa shape index (κ2) is 12.8. The quantitative estimate of drug-likeness (QED) is 0.316. The van der Waals surface area contributed by atoms with Crippen molar-refractivity contribution in [3.05, 3.63) is 23.5 Å². The lowest BCUT2D eigenvalue weighted by molar-refractivity contribution is -0.126. The van der Waals surface area contributed by atoms with Gasteiger partial charge in [0.25, 0.3) is 0 Å². The predicted molar refractivity (Wildman–Crippen MR) is 163 cm³/mol. The minimum absolute atomic E-state index is 0.00740. The summed E-state index contributed by atoms with van der Waals surface area (Å²) in [6.45, 7) is 19.8. The summed E-state index contributed by atoms with van der Waals surface area (Å²) in [7, 11) is 0. The second-order valence-corrected chi connectivity index (χ2v) is 15.5. The molecule has 3 amide bonds. The Balaban J connectivity index is 1.74. The minimum Gasteiger partial charge on any atom is -0.349 e. The lowest BCUT2D eigenvalue weighted by atomic mass is 9.69. The smallest absolute Gasteiger partial charge is 0.227 e. The molecule has 0 radical (unpaired) electrons. The van der Waals surface area contributed by atoms with E-state index in [4.69, 9.17) is 0 Å². The summed E-state index contributed by atoms with van der Waals surface area (Å²) >= 11 is 0. The van der Waals surface area contributed by atoms with Gasteiger partial charge in [-0.3, -0.25) is 14.4 Å². The van der Waals surface area contributed by atoms with Gasteiger partial charge in [-0.05, 0) is 92.6 Å². The Kier molecular flexibility index (Phi) is 10.4. The standard InChI is InChI=1S/C34H57N3O3/c1-10-11-29(38)36-27-20-26(35-30(39)22-12-16-24(17-13-22)32(2,3)4)21-28(34(27,8)9)37-31(40)23-14-18-25(19-15-23)33(5,6)7/h20-25,27H,10-19H2,1-9H3,(H,35,39)(H,36,38)(H,37,40). The molecule has 0 aromatic carbocycles. The van der Waals surface area contributed by atoms with Gasteiger partial charge in [-0.1, -0.05) is 62.3 Å². The zero-order valence-corrected chi connectivity index (χ0v) is 26.8.